The van der Waals surface area contributed by atoms with Crippen LogP contribution in [0.25, 0.3) is 11.1 Å². The van der Waals surface area contributed by atoms with Gasteiger partial charge in [0.25, 0.3) is 11.1 Å². The molecule has 6 nitrogen and oxygen atoms in total. The van der Waals surface area contributed by atoms with Gasteiger partial charge in [-0.1, -0.05) is 23.9 Å². The van der Waals surface area contributed by atoms with E-state index in [4.69, 9.17) is 8.83 Å². The summed E-state index contributed by atoms with van der Waals surface area (Å²) < 4.78 is 11.5. The van der Waals surface area contributed by atoms with Crippen LogP contribution in [0.4, 0.5) is 0 Å². The molecule has 1 saturated heterocycles. The summed E-state index contributed by atoms with van der Waals surface area (Å²) in [6.45, 7) is 7.41. The number of thioether (sulfide) groups is 1. The maximum atomic E-state index is 12.4. The topological polar surface area (TPSA) is 72.7 Å². The van der Waals surface area contributed by atoms with Crippen molar-refractivity contribution in [3.63, 3.8) is 0 Å². The van der Waals surface area contributed by atoms with E-state index < -0.39 is 0 Å². The summed E-state index contributed by atoms with van der Waals surface area (Å²) in [7, 11) is 0. The number of aromatic nitrogens is 1. The maximum Gasteiger partial charge on any atom is 0.286 e. The van der Waals surface area contributed by atoms with Crippen molar-refractivity contribution in [1.82, 2.24) is 10.3 Å². The van der Waals surface area contributed by atoms with Gasteiger partial charge in [0.1, 0.15) is 11.3 Å². The fraction of sp³-hybridized carbons (Fsp3) is 0.478. The molecule has 1 amide bonds. The number of amides is 1. The van der Waals surface area contributed by atoms with Crippen LogP contribution >= 0.6 is 11.8 Å². The number of carbonyl (C=O) groups is 1. The lowest BCUT2D eigenvalue weighted by molar-refractivity contribution is -0.928. The van der Waals surface area contributed by atoms with Gasteiger partial charge in [-0.05, 0) is 56.9 Å². The molecule has 1 aliphatic rings. The number of carbonyl (C=O) groups excluding carboxylic acids is 1. The zero-order chi connectivity index (χ0) is 20.9. The van der Waals surface area contributed by atoms with Crippen molar-refractivity contribution in [1.29, 1.82) is 0 Å². The molecular weight excluding hydrogens is 398 g/mol. The van der Waals surface area contributed by atoms with E-state index in [9.17, 15) is 4.79 Å². The molecule has 0 bridgehead atoms. The van der Waals surface area contributed by atoms with Gasteiger partial charge in [-0.15, -0.1) is 0 Å². The van der Waals surface area contributed by atoms with Crippen LogP contribution in [-0.4, -0.2) is 36.6 Å². The van der Waals surface area contributed by atoms with Crippen molar-refractivity contribution < 1.29 is 18.5 Å². The number of aryl methyl sites for hydroxylation is 1. The van der Waals surface area contributed by atoms with Crippen LogP contribution in [0.3, 0.4) is 0 Å². The van der Waals surface area contributed by atoms with Gasteiger partial charge in [0.2, 0.25) is 0 Å². The van der Waals surface area contributed by atoms with E-state index in [0.29, 0.717) is 23.3 Å². The van der Waals surface area contributed by atoms with Crippen LogP contribution in [0.15, 0.2) is 44.4 Å². The first-order valence-electron chi connectivity index (χ1n) is 10.8. The Morgan fingerprint density at radius 3 is 3.00 bits per heavy atom. The lowest BCUT2D eigenvalue weighted by Crippen LogP contribution is -3.16. The van der Waals surface area contributed by atoms with Crippen molar-refractivity contribution >= 4 is 28.8 Å². The Bertz CT molecular complexity index is 997. The molecule has 30 heavy (non-hydrogen) atoms. The molecule has 3 aromatic rings. The number of para-hydroxylation sites is 1. The molecular formula is C23H30N3O3S+. The van der Waals surface area contributed by atoms with Crippen LogP contribution in [-0.2, 0) is 5.75 Å². The smallest absolute Gasteiger partial charge is 0.286 e. The molecule has 160 valence electrons. The minimum Gasteiger partial charge on any atom is -0.455 e. The molecule has 0 saturated carbocycles. The number of furan rings is 1. The van der Waals surface area contributed by atoms with Crippen molar-refractivity contribution in [3.8, 4) is 0 Å². The van der Waals surface area contributed by atoms with E-state index in [1.807, 2.05) is 31.2 Å². The second-order valence-corrected chi connectivity index (χ2v) is 9.05. The third-order valence-electron chi connectivity index (χ3n) is 5.87. The normalized spacial score (nSPS) is 19.3. The van der Waals surface area contributed by atoms with Crippen LogP contribution in [0.1, 0.15) is 54.5 Å². The highest BCUT2D eigenvalue weighted by molar-refractivity contribution is 7.98. The average Bonchev–Trinajstić information content (AvgIpc) is 3.38. The van der Waals surface area contributed by atoms with Gasteiger partial charge in [0.15, 0.2) is 11.3 Å². The van der Waals surface area contributed by atoms with Crippen molar-refractivity contribution in [2.45, 2.75) is 56.5 Å². The minimum atomic E-state index is -0.148. The molecule has 1 fully saturated rings. The van der Waals surface area contributed by atoms with Gasteiger partial charge in [-0.3, -0.25) is 4.79 Å². The molecule has 1 unspecified atom stereocenters. The Balaban J connectivity index is 1.23. The van der Waals surface area contributed by atoms with Gasteiger partial charge in [0.05, 0.1) is 24.9 Å². The highest BCUT2D eigenvalue weighted by atomic mass is 32.2. The molecule has 0 aliphatic carbocycles. The summed E-state index contributed by atoms with van der Waals surface area (Å²) in [4.78, 5) is 18.6. The standard InChI is InChI=1S/C23H29N3O3S/c1-16-7-5-9-19-21(16)25-23(29-19)30-15-18-10-11-20(28-18)22(27)24-12-6-14-26-13-4-3-8-17(26)2/h5,7,9-11,17H,3-4,6,8,12-15H2,1-2H3,(H,24,27)/p+1/t17-/m1/s1. The number of rotatable bonds is 8. The first-order valence-corrected chi connectivity index (χ1v) is 11.8. The zero-order valence-corrected chi connectivity index (χ0v) is 18.5. The summed E-state index contributed by atoms with van der Waals surface area (Å²) in [6, 6.07) is 10.2. The average molecular weight is 429 g/mol. The summed E-state index contributed by atoms with van der Waals surface area (Å²) in [5, 5.41) is 3.59. The number of nitrogens with zero attached hydrogens (tertiary/aromatic N) is 1. The Labute approximate surface area is 181 Å². The van der Waals surface area contributed by atoms with Gasteiger partial charge in [0, 0.05) is 13.0 Å². The monoisotopic (exact) mass is 428 g/mol. The molecule has 2 N–H and O–H groups in total. The van der Waals surface area contributed by atoms with E-state index in [2.05, 4.69) is 17.2 Å². The third-order valence-corrected chi connectivity index (χ3v) is 6.72. The molecule has 0 spiro atoms. The van der Waals surface area contributed by atoms with E-state index in [1.165, 1.54) is 37.6 Å². The van der Waals surface area contributed by atoms with Crippen LogP contribution in [0.5, 0.6) is 0 Å². The number of benzene rings is 1. The van der Waals surface area contributed by atoms with E-state index in [0.717, 1.165) is 41.4 Å². The van der Waals surface area contributed by atoms with Crippen LogP contribution < -0.4 is 10.2 Å². The Hall–Kier alpha value is -2.25. The number of quaternary nitrogens is 1. The highest BCUT2D eigenvalue weighted by Gasteiger charge is 2.21. The number of hydrogen-bond acceptors (Lipinski definition) is 5. The van der Waals surface area contributed by atoms with Gasteiger partial charge in [-0.25, -0.2) is 4.98 Å². The fourth-order valence-corrected chi connectivity index (χ4v) is 4.79. The molecule has 4 rings (SSSR count). The predicted molar refractivity (Wildman–Crippen MR) is 118 cm³/mol. The molecule has 1 aliphatic heterocycles. The van der Waals surface area contributed by atoms with E-state index >= 15 is 0 Å². The third kappa shape index (κ3) is 5.08. The zero-order valence-electron chi connectivity index (χ0n) is 17.7. The lowest BCUT2D eigenvalue weighted by Gasteiger charge is -2.30. The van der Waals surface area contributed by atoms with E-state index in [-0.39, 0.29) is 5.91 Å². The summed E-state index contributed by atoms with van der Waals surface area (Å²) in [5.74, 6) is 1.51. The van der Waals surface area contributed by atoms with Gasteiger partial charge < -0.3 is 19.1 Å². The number of fused-ring (bicyclic) bond motifs is 1. The number of likely N-dealkylation sites (tertiary alicyclic amines) is 1. The van der Waals surface area contributed by atoms with E-state index in [1.54, 1.807) is 11.0 Å². The molecule has 7 heteroatoms. The Morgan fingerprint density at radius 1 is 1.27 bits per heavy atom. The largest absolute Gasteiger partial charge is 0.455 e. The second-order valence-electron chi connectivity index (χ2n) is 8.12. The lowest BCUT2D eigenvalue weighted by atomic mass is 10.0. The Kier molecular flexibility index (Phi) is 6.79. The van der Waals surface area contributed by atoms with Crippen molar-refractivity contribution in [2.75, 3.05) is 19.6 Å². The SMILES string of the molecule is Cc1cccc2oc(SCc3ccc(C(=O)NCCC[NH+]4CCCC[C@H]4C)o3)nc12. The number of oxazole rings is 1. The summed E-state index contributed by atoms with van der Waals surface area (Å²) >= 11 is 1.46. The quantitative estimate of drug-likeness (QED) is 0.424. The fourth-order valence-electron chi connectivity index (χ4n) is 4.07. The summed E-state index contributed by atoms with van der Waals surface area (Å²) in [5.41, 5.74) is 2.77. The molecule has 3 heterocycles. The second kappa shape index (κ2) is 9.71. The Morgan fingerprint density at radius 2 is 2.17 bits per heavy atom. The van der Waals surface area contributed by atoms with Gasteiger partial charge >= 0.3 is 0 Å². The van der Waals surface area contributed by atoms with Crippen LogP contribution in [0.2, 0.25) is 0 Å². The molecule has 0 radical (unpaired) electrons. The first kappa shape index (κ1) is 21.0. The number of piperidine rings is 1. The van der Waals surface area contributed by atoms with Crippen molar-refractivity contribution in [2.24, 2.45) is 0 Å². The first-order chi connectivity index (χ1) is 14.6. The number of hydrogen-bond donors (Lipinski definition) is 2. The molecule has 1 aromatic carbocycles. The predicted octanol–water partition coefficient (Wildman–Crippen LogP) is 3.60. The highest BCUT2D eigenvalue weighted by Crippen LogP contribution is 2.28. The maximum absolute atomic E-state index is 12.4. The number of nitrogens with one attached hydrogen (secondary N) is 2. The minimum absolute atomic E-state index is 0.148. The molecule has 2 atom stereocenters. The van der Waals surface area contributed by atoms with Crippen LogP contribution in [0, 0.1) is 6.92 Å². The summed E-state index contributed by atoms with van der Waals surface area (Å²) in [6.07, 6.45) is 4.99. The molecule has 2 aromatic heterocycles. The van der Waals surface area contributed by atoms with Gasteiger partial charge in [-0.2, -0.15) is 0 Å². The van der Waals surface area contributed by atoms with Crippen molar-refractivity contribution in [3.05, 3.63) is 47.4 Å².